The van der Waals surface area contributed by atoms with Crippen molar-refractivity contribution in [2.24, 2.45) is 0 Å². The van der Waals surface area contributed by atoms with Crippen LogP contribution in [-0.2, 0) is 4.79 Å². The van der Waals surface area contributed by atoms with Gasteiger partial charge in [0.15, 0.2) is 5.13 Å². The molecular weight excluding hydrogens is 378 g/mol. The molecule has 0 unspecified atom stereocenters. The van der Waals surface area contributed by atoms with Crippen molar-refractivity contribution >= 4 is 55.3 Å². The van der Waals surface area contributed by atoms with Gasteiger partial charge in [0.2, 0.25) is 5.91 Å². The van der Waals surface area contributed by atoms with Crippen molar-refractivity contribution in [1.29, 1.82) is 0 Å². The van der Waals surface area contributed by atoms with E-state index in [1.807, 2.05) is 55.5 Å². The van der Waals surface area contributed by atoms with Gasteiger partial charge in [-0.15, -0.1) is 11.8 Å². The van der Waals surface area contributed by atoms with Gasteiger partial charge in [-0.3, -0.25) is 9.78 Å². The molecule has 0 saturated heterocycles. The number of hydrogen-bond acceptors (Lipinski definition) is 6. The molecule has 136 valence electrons. The van der Waals surface area contributed by atoms with Gasteiger partial charge in [0.25, 0.3) is 0 Å². The minimum atomic E-state index is -0.0861. The molecule has 1 N–H and O–H groups in total. The first-order valence-electron chi connectivity index (χ1n) is 8.53. The lowest BCUT2D eigenvalue weighted by Crippen LogP contribution is -2.13. The number of thioether (sulfide) groups is 1. The third-order valence-corrected chi connectivity index (χ3v) is 5.85. The average Bonchev–Trinajstić information content (AvgIpc) is 3.08. The van der Waals surface area contributed by atoms with Gasteiger partial charge in [0, 0.05) is 16.5 Å². The molecule has 0 aliphatic heterocycles. The first-order valence-corrected chi connectivity index (χ1v) is 10.3. The second-order valence-corrected chi connectivity index (χ2v) is 7.80. The highest BCUT2D eigenvalue weighted by atomic mass is 32.2. The topological polar surface area (TPSA) is 64.1 Å². The number of benzene rings is 2. The smallest absolute Gasteiger partial charge is 0.236 e. The number of nitrogens with one attached hydrogen (secondary N) is 1. The second kappa shape index (κ2) is 7.94. The number of pyridine rings is 1. The van der Waals surface area contributed by atoms with Gasteiger partial charge < -0.3 is 10.1 Å². The van der Waals surface area contributed by atoms with Gasteiger partial charge in [-0.25, -0.2) is 4.98 Å². The van der Waals surface area contributed by atoms with Crippen molar-refractivity contribution in [2.75, 3.05) is 17.7 Å². The maximum absolute atomic E-state index is 12.4. The van der Waals surface area contributed by atoms with Crippen LogP contribution in [-0.4, -0.2) is 28.2 Å². The summed E-state index contributed by atoms with van der Waals surface area (Å²) in [4.78, 5) is 22.2. The number of thiazole rings is 1. The standard InChI is InChI=1S/C20H17N3O2S2/c1-2-25-14-8-9-15-17(11-14)27-20(22-15)23-18(24)12-26-16-7-3-5-13-6-4-10-21-19(13)16/h3-11H,2,12H2,1H3,(H,22,23,24). The molecule has 0 radical (unpaired) electrons. The second-order valence-electron chi connectivity index (χ2n) is 5.75. The van der Waals surface area contributed by atoms with Crippen molar-refractivity contribution in [3.8, 4) is 5.75 Å². The largest absolute Gasteiger partial charge is 0.494 e. The molecular formula is C20H17N3O2S2. The van der Waals surface area contributed by atoms with Crippen LogP contribution in [0.2, 0.25) is 0 Å². The summed E-state index contributed by atoms with van der Waals surface area (Å²) in [5.74, 6) is 1.03. The number of rotatable bonds is 6. The summed E-state index contributed by atoms with van der Waals surface area (Å²) in [7, 11) is 0. The van der Waals surface area contributed by atoms with Crippen LogP contribution in [0.25, 0.3) is 21.1 Å². The molecule has 4 aromatic rings. The van der Waals surface area contributed by atoms with E-state index in [0.717, 1.165) is 31.8 Å². The number of anilines is 1. The Bertz CT molecular complexity index is 1110. The molecule has 2 aromatic heterocycles. The quantitative estimate of drug-likeness (QED) is 0.467. The summed E-state index contributed by atoms with van der Waals surface area (Å²) < 4.78 is 6.50. The monoisotopic (exact) mass is 395 g/mol. The lowest BCUT2D eigenvalue weighted by molar-refractivity contribution is -0.113. The fourth-order valence-electron chi connectivity index (χ4n) is 2.71. The fourth-order valence-corrected chi connectivity index (χ4v) is 4.46. The number of ether oxygens (including phenoxy) is 1. The van der Waals surface area contributed by atoms with Crippen molar-refractivity contribution in [2.45, 2.75) is 11.8 Å². The highest BCUT2D eigenvalue weighted by Crippen LogP contribution is 2.30. The van der Waals surface area contributed by atoms with Crippen LogP contribution in [0.5, 0.6) is 5.75 Å². The van der Waals surface area contributed by atoms with Crippen molar-refractivity contribution < 1.29 is 9.53 Å². The number of fused-ring (bicyclic) bond motifs is 2. The SMILES string of the molecule is CCOc1ccc2nc(NC(=O)CSc3cccc4cccnc34)sc2c1. The number of para-hydroxylation sites is 1. The van der Waals surface area contributed by atoms with Gasteiger partial charge >= 0.3 is 0 Å². The lowest BCUT2D eigenvalue weighted by Gasteiger charge is -2.05. The zero-order chi connectivity index (χ0) is 18.6. The van der Waals surface area contributed by atoms with E-state index in [1.165, 1.54) is 23.1 Å². The zero-order valence-electron chi connectivity index (χ0n) is 14.6. The zero-order valence-corrected chi connectivity index (χ0v) is 16.3. The number of carbonyl (C=O) groups excluding carboxylic acids is 1. The molecule has 0 aliphatic carbocycles. The number of carbonyl (C=O) groups is 1. The Balaban J connectivity index is 1.44. The summed E-state index contributed by atoms with van der Waals surface area (Å²) in [6, 6.07) is 15.7. The van der Waals surface area contributed by atoms with E-state index in [-0.39, 0.29) is 5.91 Å². The maximum Gasteiger partial charge on any atom is 0.236 e. The van der Waals surface area contributed by atoms with Gasteiger partial charge in [-0.2, -0.15) is 0 Å². The molecule has 0 saturated carbocycles. The molecule has 4 rings (SSSR count). The van der Waals surface area contributed by atoms with Crippen LogP contribution >= 0.6 is 23.1 Å². The van der Waals surface area contributed by atoms with Crippen molar-refractivity contribution in [3.63, 3.8) is 0 Å². The summed E-state index contributed by atoms with van der Waals surface area (Å²) in [5, 5.41) is 4.55. The van der Waals surface area contributed by atoms with E-state index in [9.17, 15) is 4.79 Å². The maximum atomic E-state index is 12.4. The summed E-state index contributed by atoms with van der Waals surface area (Å²) >= 11 is 2.92. The lowest BCUT2D eigenvalue weighted by atomic mass is 10.2. The molecule has 7 heteroatoms. The van der Waals surface area contributed by atoms with E-state index in [1.54, 1.807) is 6.20 Å². The average molecular weight is 396 g/mol. The predicted molar refractivity (Wildman–Crippen MR) is 112 cm³/mol. The minimum Gasteiger partial charge on any atom is -0.494 e. The third-order valence-electron chi connectivity index (χ3n) is 3.87. The molecule has 27 heavy (non-hydrogen) atoms. The van der Waals surface area contributed by atoms with Gasteiger partial charge in [0.1, 0.15) is 5.75 Å². The number of nitrogens with zero attached hydrogens (tertiary/aromatic N) is 2. The molecule has 0 atom stereocenters. The van der Waals surface area contributed by atoms with Crippen molar-refractivity contribution in [3.05, 3.63) is 54.7 Å². The Morgan fingerprint density at radius 1 is 1.22 bits per heavy atom. The first-order chi connectivity index (χ1) is 13.2. The predicted octanol–water partition coefficient (Wildman–Crippen LogP) is 4.97. The normalized spacial score (nSPS) is 11.0. The van der Waals surface area contributed by atoms with E-state index in [4.69, 9.17) is 4.74 Å². The molecule has 1 amide bonds. The first kappa shape index (κ1) is 17.8. The highest BCUT2D eigenvalue weighted by molar-refractivity contribution is 8.00. The molecule has 0 spiro atoms. The summed E-state index contributed by atoms with van der Waals surface area (Å²) in [6.45, 7) is 2.57. The van der Waals surface area contributed by atoms with Crippen LogP contribution in [0.3, 0.4) is 0 Å². The van der Waals surface area contributed by atoms with E-state index < -0.39 is 0 Å². The molecule has 2 heterocycles. The fraction of sp³-hybridized carbons (Fsp3) is 0.150. The Morgan fingerprint density at radius 3 is 3.00 bits per heavy atom. The van der Waals surface area contributed by atoms with E-state index in [0.29, 0.717) is 17.5 Å². The summed E-state index contributed by atoms with van der Waals surface area (Å²) in [6.07, 6.45) is 1.77. The third kappa shape index (κ3) is 4.04. The Kier molecular flexibility index (Phi) is 5.22. The number of aromatic nitrogens is 2. The number of amides is 1. The number of hydrogen-bond donors (Lipinski definition) is 1. The van der Waals surface area contributed by atoms with E-state index in [2.05, 4.69) is 15.3 Å². The van der Waals surface area contributed by atoms with Gasteiger partial charge in [-0.1, -0.05) is 29.5 Å². The van der Waals surface area contributed by atoms with Gasteiger partial charge in [0.05, 0.1) is 28.1 Å². The van der Waals surface area contributed by atoms with Crippen LogP contribution in [0.15, 0.2) is 59.6 Å². The van der Waals surface area contributed by atoms with Crippen LogP contribution < -0.4 is 10.1 Å². The van der Waals surface area contributed by atoms with Gasteiger partial charge in [-0.05, 0) is 37.3 Å². The molecule has 0 aliphatic rings. The van der Waals surface area contributed by atoms with Crippen LogP contribution in [0.1, 0.15) is 6.92 Å². The van der Waals surface area contributed by atoms with Crippen LogP contribution in [0.4, 0.5) is 5.13 Å². The highest BCUT2D eigenvalue weighted by Gasteiger charge is 2.10. The molecule has 2 aromatic carbocycles. The molecule has 0 fully saturated rings. The minimum absolute atomic E-state index is 0.0861. The molecule has 5 nitrogen and oxygen atoms in total. The summed E-state index contributed by atoms with van der Waals surface area (Å²) in [5.41, 5.74) is 1.77. The Morgan fingerprint density at radius 2 is 2.11 bits per heavy atom. The van der Waals surface area contributed by atoms with E-state index >= 15 is 0 Å². The molecule has 0 bridgehead atoms. The van der Waals surface area contributed by atoms with Crippen LogP contribution in [0, 0.1) is 0 Å². The van der Waals surface area contributed by atoms with Crippen molar-refractivity contribution in [1.82, 2.24) is 9.97 Å². The Labute approximate surface area is 164 Å². The Hall–Kier alpha value is -2.64.